The van der Waals surface area contributed by atoms with Gasteiger partial charge in [0.05, 0.1) is 0 Å². The zero-order chi connectivity index (χ0) is 13.7. The molecule has 0 bridgehead atoms. The monoisotopic (exact) mass is 278 g/mol. The highest BCUT2D eigenvalue weighted by molar-refractivity contribution is 7.98. The molecule has 19 heavy (non-hydrogen) atoms. The number of benzene rings is 1. The van der Waals surface area contributed by atoms with Crippen LogP contribution in [0, 0.1) is 0 Å². The Hall–Kier alpha value is -1.00. The average Bonchev–Trinajstić information content (AvgIpc) is 2.62. The minimum atomic E-state index is 0.294. The molecule has 3 nitrogen and oxygen atoms in total. The van der Waals surface area contributed by atoms with Crippen molar-refractivity contribution >= 4 is 17.7 Å². The molecule has 1 aromatic carbocycles. The minimum absolute atomic E-state index is 0.294. The van der Waals surface area contributed by atoms with Gasteiger partial charge in [-0.05, 0) is 30.9 Å². The third-order valence-corrected chi connectivity index (χ3v) is 4.37. The largest absolute Gasteiger partial charge is 0.342 e. The first-order chi connectivity index (χ1) is 9.22. The van der Waals surface area contributed by atoms with E-state index in [0.29, 0.717) is 12.3 Å². The SMILES string of the molecule is CCN1CCN(Cc2ccc(SC)cc2)CCC1=O. The molecule has 1 aliphatic heterocycles. The molecular formula is C15H22N2OS. The van der Waals surface area contributed by atoms with Crippen LogP contribution in [0.25, 0.3) is 0 Å². The van der Waals surface area contributed by atoms with E-state index in [-0.39, 0.29) is 0 Å². The molecule has 1 aromatic rings. The second kappa shape index (κ2) is 6.96. The molecule has 104 valence electrons. The number of amides is 1. The van der Waals surface area contributed by atoms with Gasteiger partial charge in [-0.15, -0.1) is 11.8 Å². The number of thioether (sulfide) groups is 1. The highest BCUT2D eigenvalue weighted by Gasteiger charge is 2.19. The van der Waals surface area contributed by atoms with Gasteiger partial charge in [-0.3, -0.25) is 9.69 Å². The van der Waals surface area contributed by atoms with Crippen LogP contribution in [0.5, 0.6) is 0 Å². The van der Waals surface area contributed by atoms with Crippen molar-refractivity contribution in [1.29, 1.82) is 0 Å². The third kappa shape index (κ3) is 3.98. The molecule has 1 amide bonds. The lowest BCUT2D eigenvalue weighted by atomic mass is 10.2. The average molecular weight is 278 g/mol. The molecule has 1 fully saturated rings. The van der Waals surface area contributed by atoms with E-state index in [9.17, 15) is 4.79 Å². The van der Waals surface area contributed by atoms with Gasteiger partial charge in [0, 0.05) is 44.0 Å². The van der Waals surface area contributed by atoms with Crippen LogP contribution in [0.15, 0.2) is 29.2 Å². The van der Waals surface area contributed by atoms with Crippen molar-refractivity contribution in [3.8, 4) is 0 Å². The number of carbonyl (C=O) groups excluding carboxylic acids is 1. The van der Waals surface area contributed by atoms with Gasteiger partial charge in [0.1, 0.15) is 0 Å². The third-order valence-electron chi connectivity index (χ3n) is 3.63. The van der Waals surface area contributed by atoms with Crippen LogP contribution in [-0.4, -0.2) is 48.1 Å². The second-order valence-electron chi connectivity index (χ2n) is 4.85. The lowest BCUT2D eigenvalue weighted by Gasteiger charge is -2.21. The Morgan fingerprint density at radius 3 is 2.53 bits per heavy atom. The number of carbonyl (C=O) groups is 1. The first kappa shape index (κ1) is 14.4. The Kier molecular flexibility index (Phi) is 5.28. The van der Waals surface area contributed by atoms with Gasteiger partial charge in [-0.1, -0.05) is 12.1 Å². The van der Waals surface area contributed by atoms with E-state index >= 15 is 0 Å². The summed E-state index contributed by atoms with van der Waals surface area (Å²) in [6, 6.07) is 8.72. The predicted molar refractivity (Wildman–Crippen MR) is 80.4 cm³/mol. The molecule has 0 aromatic heterocycles. The van der Waals surface area contributed by atoms with Gasteiger partial charge in [0.15, 0.2) is 0 Å². The maximum absolute atomic E-state index is 11.8. The lowest BCUT2D eigenvalue weighted by molar-refractivity contribution is -0.130. The fourth-order valence-corrected chi connectivity index (χ4v) is 2.80. The molecule has 4 heteroatoms. The summed E-state index contributed by atoms with van der Waals surface area (Å²) < 4.78 is 0. The summed E-state index contributed by atoms with van der Waals surface area (Å²) in [6.45, 7) is 6.53. The molecule has 0 N–H and O–H groups in total. The molecule has 0 saturated carbocycles. The van der Waals surface area contributed by atoms with E-state index < -0.39 is 0 Å². The van der Waals surface area contributed by atoms with Crippen molar-refractivity contribution in [2.24, 2.45) is 0 Å². The summed E-state index contributed by atoms with van der Waals surface area (Å²) in [4.78, 5) is 17.5. The Morgan fingerprint density at radius 1 is 1.16 bits per heavy atom. The molecule has 0 aliphatic carbocycles. The molecular weight excluding hydrogens is 256 g/mol. The van der Waals surface area contributed by atoms with E-state index in [2.05, 4.69) is 42.3 Å². The maximum Gasteiger partial charge on any atom is 0.223 e. The van der Waals surface area contributed by atoms with Crippen molar-refractivity contribution in [3.63, 3.8) is 0 Å². The zero-order valence-corrected chi connectivity index (χ0v) is 12.6. The van der Waals surface area contributed by atoms with Crippen LogP contribution < -0.4 is 0 Å². The molecule has 1 saturated heterocycles. The number of rotatable bonds is 4. The molecule has 1 heterocycles. The van der Waals surface area contributed by atoms with E-state index in [0.717, 1.165) is 32.7 Å². The zero-order valence-electron chi connectivity index (χ0n) is 11.8. The van der Waals surface area contributed by atoms with Gasteiger partial charge >= 0.3 is 0 Å². The van der Waals surface area contributed by atoms with Crippen molar-refractivity contribution in [1.82, 2.24) is 9.80 Å². The Labute approximate surface area is 120 Å². The number of nitrogens with zero attached hydrogens (tertiary/aromatic N) is 2. The first-order valence-electron chi connectivity index (χ1n) is 6.86. The highest BCUT2D eigenvalue weighted by atomic mass is 32.2. The van der Waals surface area contributed by atoms with Crippen LogP contribution in [0.2, 0.25) is 0 Å². The maximum atomic E-state index is 11.8. The summed E-state index contributed by atoms with van der Waals surface area (Å²) in [7, 11) is 0. The number of hydrogen-bond donors (Lipinski definition) is 0. The Bertz CT molecular complexity index is 419. The second-order valence-corrected chi connectivity index (χ2v) is 5.73. The van der Waals surface area contributed by atoms with Gasteiger partial charge < -0.3 is 4.90 Å². The van der Waals surface area contributed by atoms with Crippen molar-refractivity contribution in [2.75, 3.05) is 32.4 Å². The number of likely N-dealkylation sites (N-methyl/N-ethyl adjacent to an activating group) is 1. The lowest BCUT2D eigenvalue weighted by Crippen LogP contribution is -2.32. The molecule has 0 radical (unpaired) electrons. The van der Waals surface area contributed by atoms with E-state index in [4.69, 9.17) is 0 Å². The molecule has 0 atom stereocenters. The van der Waals surface area contributed by atoms with E-state index in [1.165, 1.54) is 10.5 Å². The van der Waals surface area contributed by atoms with E-state index in [1.54, 1.807) is 11.8 Å². The minimum Gasteiger partial charge on any atom is -0.342 e. The van der Waals surface area contributed by atoms with Crippen LogP contribution in [0.3, 0.4) is 0 Å². The summed E-state index contributed by atoms with van der Waals surface area (Å²) in [5.41, 5.74) is 1.33. The van der Waals surface area contributed by atoms with Gasteiger partial charge in [0.25, 0.3) is 0 Å². The highest BCUT2D eigenvalue weighted by Crippen LogP contribution is 2.16. The van der Waals surface area contributed by atoms with Crippen LogP contribution in [0.4, 0.5) is 0 Å². The van der Waals surface area contributed by atoms with Crippen molar-refractivity contribution in [3.05, 3.63) is 29.8 Å². The standard InChI is InChI=1S/C15H22N2OS/c1-3-17-11-10-16(9-8-15(17)18)12-13-4-6-14(19-2)7-5-13/h4-7H,3,8-12H2,1-2H3. The van der Waals surface area contributed by atoms with Gasteiger partial charge in [-0.2, -0.15) is 0 Å². The number of hydrogen-bond acceptors (Lipinski definition) is 3. The van der Waals surface area contributed by atoms with Crippen molar-refractivity contribution < 1.29 is 4.79 Å². The Balaban J connectivity index is 1.93. The summed E-state index contributed by atoms with van der Waals surface area (Å²) in [5.74, 6) is 0.294. The normalized spacial score (nSPS) is 17.6. The predicted octanol–water partition coefficient (Wildman–Crippen LogP) is 2.46. The summed E-state index contributed by atoms with van der Waals surface area (Å²) >= 11 is 1.77. The van der Waals surface area contributed by atoms with Crippen LogP contribution >= 0.6 is 11.8 Å². The van der Waals surface area contributed by atoms with Gasteiger partial charge in [0.2, 0.25) is 5.91 Å². The molecule has 0 unspecified atom stereocenters. The quantitative estimate of drug-likeness (QED) is 0.791. The fourth-order valence-electron chi connectivity index (χ4n) is 2.39. The molecule has 2 rings (SSSR count). The van der Waals surface area contributed by atoms with Crippen LogP contribution in [0.1, 0.15) is 18.9 Å². The molecule has 1 aliphatic rings. The van der Waals surface area contributed by atoms with Gasteiger partial charge in [-0.25, -0.2) is 0 Å². The van der Waals surface area contributed by atoms with E-state index in [1.807, 2.05) is 4.90 Å². The molecule has 0 spiro atoms. The smallest absolute Gasteiger partial charge is 0.223 e. The van der Waals surface area contributed by atoms with Crippen LogP contribution in [-0.2, 0) is 11.3 Å². The summed E-state index contributed by atoms with van der Waals surface area (Å²) in [5, 5.41) is 0. The van der Waals surface area contributed by atoms with Crippen molar-refractivity contribution in [2.45, 2.75) is 24.8 Å². The first-order valence-corrected chi connectivity index (χ1v) is 8.08. The topological polar surface area (TPSA) is 23.6 Å². The fraction of sp³-hybridized carbons (Fsp3) is 0.533. The Morgan fingerprint density at radius 2 is 1.89 bits per heavy atom. The summed E-state index contributed by atoms with van der Waals surface area (Å²) in [6.07, 6.45) is 2.74.